The van der Waals surface area contributed by atoms with Crippen LogP contribution in [0, 0.1) is 6.92 Å². The quantitative estimate of drug-likeness (QED) is 0.395. The third-order valence-electron chi connectivity index (χ3n) is 4.36. The summed E-state index contributed by atoms with van der Waals surface area (Å²) < 4.78 is 15.9. The van der Waals surface area contributed by atoms with Crippen molar-refractivity contribution in [3.05, 3.63) is 101 Å². The number of esters is 2. The zero-order valence-corrected chi connectivity index (χ0v) is 16.8. The lowest BCUT2D eigenvalue weighted by molar-refractivity contribution is -0.134. The van der Waals surface area contributed by atoms with Gasteiger partial charge >= 0.3 is 11.9 Å². The van der Waals surface area contributed by atoms with Crippen molar-refractivity contribution in [2.24, 2.45) is 0 Å². The first-order valence-corrected chi connectivity index (χ1v) is 9.41. The molecular weight excluding hydrogens is 380 g/mol. The van der Waals surface area contributed by atoms with Gasteiger partial charge in [-0.05, 0) is 60.0 Å². The molecule has 0 aliphatic carbocycles. The molecule has 0 N–H and O–H groups in total. The van der Waals surface area contributed by atoms with Crippen LogP contribution in [0.4, 0.5) is 0 Å². The van der Waals surface area contributed by atoms with Crippen LogP contribution in [0.1, 0.15) is 27.0 Å². The summed E-state index contributed by atoms with van der Waals surface area (Å²) in [6.07, 6.45) is 3.06. The Hall–Kier alpha value is -3.86. The number of carbonyl (C=O) groups is 2. The van der Waals surface area contributed by atoms with Gasteiger partial charge in [0.25, 0.3) is 0 Å². The molecular formula is C25H22O5. The predicted molar refractivity (Wildman–Crippen MR) is 114 cm³/mol. The second kappa shape index (κ2) is 10.1. The molecule has 0 aromatic heterocycles. The maximum atomic E-state index is 12.4. The summed E-state index contributed by atoms with van der Waals surface area (Å²) in [5.74, 6) is 0.327. The van der Waals surface area contributed by atoms with E-state index >= 15 is 0 Å². The maximum Gasteiger partial charge on any atom is 0.338 e. The monoisotopic (exact) mass is 402 g/mol. The molecule has 3 aromatic rings. The van der Waals surface area contributed by atoms with Gasteiger partial charge in [0, 0.05) is 6.08 Å². The Balaban J connectivity index is 1.66. The van der Waals surface area contributed by atoms with E-state index in [0.717, 1.165) is 16.7 Å². The van der Waals surface area contributed by atoms with Crippen LogP contribution in [0.5, 0.6) is 11.5 Å². The second-order valence-electron chi connectivity index (χ2n) is 6.57. The average molecular weight is 402 g/mol. The zero-order valence-electron chi connectivity index (χ0n) is 16.8. The Morgan fingerprint density at radius 3 is 2.40 bits per heavy atom. The molecule has 5 heteroatoms. The lowest BCUT2D eigenvalue weighted by Crippen LogP contribution is -2.05. The van der Waals surface area contributed by atoms with Gasteiger partial charge in [0.2, 0.25) is 0 Å². The minimum Gasteiger partial charge on any atom is -0.466 e. The van der Waals surface area contributed by atoms with E-state index < -0.39 is 11.9 Å². The van der Waals surface area contributed by atoms with Crippen LogP contribution in [0.2, 0.25) is 0 Å². The SMILES string of the molecule is COC(=O)/C=C/c1ccc(Oc2cccc(C(=O)OCc3ccccc3)c2)cc1C. The first-order chi connectivity index (χ1) is 14.5. The predicted octanol–water partition coefficient (Wildman–Crippen LogP) is 5.33. The van der Waals surface area contributed by atoms with E-state index in [0.29, 0.717) is 17.1 Å². The lowest BCUT2D eigenvalue weighted by atomic mass is 10.1. The van der Waals surface area contributed by atoms with Gasteiger partial charge in [0.15, 0.2) is 0 Å². The topological polar surface area (TPSA) is 61.8 Å². The number of benzene rings is 3. The molecule has 0 aliphatic rings. The minimum absolute atomic E-state index is 0.213. The van der Waals surface area contributed by atoms with E-state index in [1.54, 1.807) is 36.4 Å². The Morgan fingerprint density at radius 1 is 0.900 bits per heavy atom. The molecule has 30 heavy (non-hydrogen) atoms. The van der Waals surface area contributed by atoms with Crippen LogP contribution in [-0.2, 0) is 20.9 Å². The molecule has 0 atom stereocenters. The van der Waals surface area contributed by atoms with Crippen LogP contribution in [0.15, 0.2) is 78.9 Å². The molecule has 0 saturated heterocycles. The van der Waals surface area contributed by atoms with Crippen molar-refractivity contribution in [1.29, 1.82) is 0 Å². The normalized spacial score (nSPS) is 10.6. The average Bonchev–Trinajstić information content (AvgIpc) is 2.77. The number of carbonyl (C=O) groups excluding carboxylic acids is 2. The molecule has 0 aliphatic heterocycles. The highest BCUT2D eigenvalue weighted by molar-refractivity contribution is 5.90. The summed E-state index contributed by atoms with van der Waals surface area (Å²) in [4.78, 5) is 23.6. The number of methoxy groups -OCH3 is 1. The highest BCUT2D eigenvalue weighted by atomic mass is 16.5. The molecule has 3 aromatic carbocycles. The number of rotatable bonds is 7. The summed E-state index contributed by atoms with van der Waals surface area (Å²) in [6.45, 7) is 2.13. The van der Waals surface area contributed by atoms with Gasteiger partial charge in [-0.1, -0.05) is 42.5 Å². The van der Waals surface area contributed by atoms with E-state index in [9.17, 15) is 9.59 Å². The van der Waals surface area contributed by atoms with Gasteiger partial charge in [0.05, 0.1) is 12.7 Å². The van der Waals surface area contributed by atoms with Crippen LogP contribution in [0.25, 0.3) is 6.08 Å². The van der Waals surface area contributed by atoms with E-state index in [1.807, 2.05) is 49.4 Å². The summed E-state index contributed by atoms with van der Waals surface area (Å²) >= 11 is 0. The Morgan fingerprint density at radius 2 is 1.67 bits per heavy atom. The largest absolute Gasteiger partial charge is 0.466 e. The third kappa shape index (κ3) is 5.82. The van der Waals surface area contributed by atoms with Crippen molar-refractivity contribution in [3.8, 4) is 11.5 Å². The highest BCUT2D eigenvalue weighted by Gasteiger charge is 2.09. The fourth-order valence-corrected chi connectivity index (χ4v) is 2.75. The van der Waals surface area contributed by atoms with Crippen LogP contribution >= 0.6 is 0 Å². The number of aryl methyl sites for hydroxylation is 1. The standard InChI is InChI=1S/C25H22O5/c1-18-15-23(13-11-20(18)12-14-24(26)28-2)30-22-10-6-9-21(16-22)25(27)29-17-19-7-4-3-5-8-19/h3-16H,17H2,1-2H3/b14-12+. The molecule has 0 bridgehead atoms. The van der Waals surface area contributed by atoms with Crippen molar-refractivity contribution >= 4 is 18.0 Å². The molecule has 152 valence electrons. The molecule has 0 radical (unpaired) electrons. The highest BCUT2D eigenvalue weighted by Crippen LogP contribution is 2.25. The van der Waals surface area contributed by atoms with Crippen molar-refractivity contribution in [2.75, 3.05) is 7.11 Å². The Bertz CT molecular complexity index is 1050. The third-order valence-corrected chi connectivity index (χ3v) is 4.36. The van der Waals surface area contributed by atoms with E-state index in [1.165, 1.54) is 13.2 Å². The van der Waals surface area contributed by atoms with Crippen molar-refractivity contribution in [2.45, 2.75) is 13.5 Å². The fraction of sp³-hybridized carbons (Fsp3) is 0.120. The first kappa shape index (κ1) is 20.9. The molecule has 0 saturated carbocycles. The maximum absolute atomic E-state index is 12.4. The van der Waals surface area contributed by atoms with Gasteiger partial charge in [0.1, 0.15) is 18.1 Å². The molecule has 5 nitrogen and oxygen atoms in total. The molecule has 0 unspecified atom stereocenters. The number of hydrogen-bond donors (Lipinski definition) is 0. The van der Waals surface area contributed by atoms with Crippen LogP contribution < -0.4 is 4.74 Å². The minimum atomic E-state index is -0.413. The summed E-state index contributed by atoms with van der Waals surface area (Å²) in [6, 6.07) is 21.9. The van der Waals surface area contributed by atoms with Crippen molar-refractivity contribution in [3.63, 3.8) is 0 Å². The lowest BCUT2D eigenvalue weighted by Gasteiger charge is -2.10. The molecule has 0 spiro atoms. The Kier molecular flexibility index (Phi) is 7.00. The van der Waals surface area contributed by atoms with Crippen LogP contribution in [0.3, 0.4) is 0 Å². The molecule has 0 amide bonds. The molecule has 3 rings (SSSR count). The van der Waals surface area contributed by atoms with Crippen LogP contribution in [-0.4, -0.2) is 19.0 Å². The second-order valence-corrected chi connectivity index (χ2v) is 6.57. The number of hydrogen-bond acceptors (Lipinski definition) is 5. The van der Waals surface area contributed by atoms with E-state index in [-0.39, 0.29) is 6.61 Å². The Labute approximate surface area is 175 Å². The summed E-state index contributed by atoms with van der Waals surface area (Å²) in [5.41, 5.74) is 3.16. The van der Waals surface area contributed by atoms with Crippen molar-refractivity contribution in [1.82, 2.24) is 0 Å². The summed E-state index contributed by atoms with van der Waals surface area (Å²) in [7, 11) is 1.34. The molecule has 0 fully saturated rings. The fourth-order valence-electron chi connectivity index (χ4n) is 2.75. The van der Waals surface area contributed by atoms with Gasteiger partial charge < -0.3 is 14.2 Å². The van der Waals surface area contributed by atoms with Gasteiger partial charge in [-0.2, -0.15) is 0 Å². The number of ether oxygens (including phenoxy) is 3. The molecule has 0 heterocycles. The van der Waals surface area contributed by atoms with Gasteiger partial charge in [-0.25, -0.2) is 9.59 Å². The van der Waals surface area contributed by atoms with E-state index in [4.69, 9.17) is 9.47 Å². The van der Waals surface area contributed by atoms with Gasteiger partial charge in [-0.15, -0.1) is 0 Å². The van der Waals surface area contributed by atoms with Crippen molar-refractivity contribution < 1.29 is 23.8 Å². The van der Waals surface area contributed by atoms with Gasteiger partial charge in [-0.3, -0.25) is 0 Å². The van der Waals surface area contributed by atoms with E-state index in [2.05, 4.69) is 4.74 Å². The first-order valence-electron chi connectivity index (χ1n) is 9.41. The smallest absolute Gasteiger partial charge is 0.338 e. The zero-order chi connectivity index (χ0) is 21.3. The summed E-state index contributed by atoms with van der Waals surface area (Å²) in [5, 5.41) is 0.